The van der Waals surface area contributed by atoms with Gasteiger partial charge in [-0.25, -0.2) is 13.6 Å². The molecule has 5 nitrogen and oxygen atoms in total. The maximum atomic E-state index is 13.7. The quantitative estimate of drug-likeness (QED) is 0.853. The molecule has 1 N–H and O–H groups in total. The molecule has 24 heavy (non-hydrogen) atoms. The Kier molecular flexibility index (Phi) is 5.47. The van der Waals surface area contributed by atoms with Crippen LogP contribution < -0.4 is 10.1 Å². The van der Waals surface area contributed by atoms with Crippen LogP contribution in [0.5, 0.6) is 5.75 Å². The number of methoxy groups -OCH3 is 1. The lowest BCUT2D eigenvalue weighted by atomic mass is 10.1. The van der Waals surface area contributed by atoms with Crippen LogP contribution in [0.15, 0.2) is 36.4 Å². The van der Waals surface area contributed by atoms with Crippen LogP contribution >= 0.6 is 0 Å². The molecule has 1 amide bonds. The molecule has 0 heterocycles. The zero-order valence-corrected chi connectivity index (χ0v) is 13.1. The van der Waals surface area contributed by atoms with Crippen molar-refractivity contribution in [3.8, 4) is 5.75 Å². The van der Waals surface area contributed by atoms with E-state index in [1.165, 1.54) is 0 Å². The van der Waals surface area contributed by atoms with Gasteiger partial charge in [-0.3, -0.25) is 4.79 Å². The van der Waals surface area contributed by atoms with Gasteiger partial charge in [-0.1, -0.05) is 17.7 Å². The number of rotatable bonds is 5. The van der Waals surface area contributed by atoms with Crippen molar-refractivity contribution < 1.29 is 27.8 Å². The molecule has 2 rings (SSSR count). The standard InChI is InChI=1S/C17H15F2NO4/c1-10-3-5-11(6-4-10)24-9-16(21)20-15-7-12(17(22)23-2)13(18)8-14(15)19/h3-8H,9H2,1-2H3,(H,20,21). The number of ether oxygens (including phenoxy) is 2. The van der Waals surface area contributed by atoms with Gasteiger partial charge in [-0.2, -0.15) is 0 Å². The van der Waals surface area contributed by atoms with Gasteiger partial charge in [-0.05, 0) is 25.1 Å². The first-order valence-electron chi connectivity index (χ1n) is 6.97. The molecule has 0 aromatic heterocycles. The second kappa shape index (κ2) is 7.54. The van der Waals surface area contributed by atoms with Crippen LogP contribution in [0.2, 0.25) is 0 Å². The number of esters is 1. The van der Waals surface area contributed by atoms with Crippen LogP contribution in [0, 0.1) is 18.6 Å². The van der Waals surface area contributed by atoms with Crippen LogP contribution in [-0.2, 0) is 9.53 Å². The summed E-state index contributed by atoms with van der Waals surface area (Å²) in [5.41, 5.74) is 0.221. The summed E-state index contributed by atoms with van der Waals surface area (Å²) in [4.78, 5) is 23.2. The normalized spacial score (nSPS) is 10.2. The summed E-state index contributed by atoms with van der Waals surface area (Å²) in [6, 6.07) is 8.39. The average Bonchev–Trinajstić information content (AvgIpc) is 2.56. The molecule has 0 spiro atoms. The third-order valence-electron chi connectivity index (χ3n) is 3.13. The Labute approximate surface area is 137 Å². The Morgan fingerprint density at radius 3 is 2.38 bits per heavy atom. The van der Waals surface area contributed by atoms with Crippen molar-refractivity contribution in [2.45, 2.75) is 6.92 Å². The number of hydrogen-bond donors (Lipinski definition) is 1. The van der Waals surface area contributed by atoms with Crippen molar-refractivity contribution in [1.29, 1.82) is 0 Å². The fraction of sp³-hybridized carbons (Fsp3) is 0.176. The number of amides is 1. The fourth-order valence-electron chi connectivity index (χ4n) is 1.88. The summed E-state index contributed by atoms with van der Waals surface area (Å²) in [5, 5.41) is 2.23. The van der Waals surface area contributed by atoms with Crippen LogP contribution in [0.4, 0.5) is 14.5 Å². The molecular weight excluding hydrogens is 320 g/mol. The Hall–Kier alpha value is -2.96. The summed E-state index contributed by atoms with van der Waals surface area (Å²) in [6.07, 6.45) is 0. The van der Waals surface area contributed by atoms with E-state index in [9.17, 15) is 18.4 Å². The van der Waals surface area contributed by atoms with Crippen molar-refractivity contribution in [2.24, 2.45) is 0 Å². The van der Waals surface area contributed by atoms with E-state index in [2.05, 4.69) is 10.1 Å². The molecule has 0 saturated carbocycles. The van der Waals surface area contributed by atoms with E-state index in [1.54, 1.807) is 12.1 Å². The highest BCUT2D eigenvalue weighted by atomic mass is 19.1. The number of aryl methyl sites for hydroxylation is 1. The number of carbonyl (C=O) groups is 2. The molecule has 0 atom stereocenters. The van der Waals surface area contributed by atoms with Crippen molar-refractivity contribution in [2.75, 3.05) is 19.0 Å². The van der Waals surface area contributed by atoms with Gasteiger partial charge >= 0.3 is 5.97 Å². The van der Waals surface area contributed by atoms with Crippen LogP contribution in [0.25, 0.3) is 0 Å². The lowest BCUT2D eigenvalue weighted by molar-refractivity contribution is -0.118. The Bertz CT molecular complexity index is 760. The molecule has 0 saturated heterocycles. The molecular formula is C17H15F2NO4. The minimum absolute atomic E-state index is 0.339. The van der Waals surface area contributed by atoms with E-state index in [4.69, 9.17) is 4.74 Å². The van der Waals surface area contributed by atoms with Gasteiger partial charge in [0.25, 0.3) is 5.91 Å². The fourth-order valence-corrected chi connectivity index (χ4v) is 1.88. The van der Waals surface area contributed by atoms with E-state index in [0.717, 1.165) is 18.7 Å². The van der Waals surface area contributed by atoms with Gasteiger partial charge in [0.15, 0.2) is 6.61 Å². The van der Waals surface area contributed by atoms with Gasteiger partial charge < -0.3 is 14.8 Å². The highest BCUT2D eigenvalue weighted by molar-refractivity contribution is 5.95. The molecule has 0 fully saturated rings. The highest BCUT2D eigenvalue weighted by Gasteiger charge is 2.18. The van der Waals surface area contributed by atoms with Crippen LogP contribution in [0.1, 0.15) is 15.9 Å². The zero-order valence-electron chi connectivity index (χ0n) is 13.1. The SMILES string of the molecule is COC(=O)c1cc(NC(=O)COc2ccc(C)cc2)c(F)cc1F. The summed E-state index contributed by atoms with van der Waals surface area (Å²) in [5.74, 6) is -3.24. The van der Waals surface area contributed by atoms with Gasteiger partial charge in [0.1, 0.15) is 17.4 Å². The van der Waals surface area contributed by atoms with E-state index in [-0.39, 0.29) is 12.3 Å². The van der Waals surface area contributed by atoms with Crippen molar-refractivity contribution in [3.63, 3.8) is 0 Å². The van der Waals surface area contributed by atoms with Crippen molar-refractivity contribution in [3.05, 3.63) is 59.2 Å². The second-order valence-corrected chi connectivity index (χ2v) is 4.95. The Balaban J connectivity index is 2.05. The van der Waals surface area contributed by atoms with Gasteiger partial charge in [0.2, 0.25) is 0 Å². The third kappa shape index (κ3) is 4.28. The molecule has 0 aliphatic rings. The lowest BCUT2D eigenvalue weighted by Crippen LogP contribution is -2.21. The van der Waals surface area contributed by atoms with Crippen molar-refractivity contribution >= 4 is 17.6 Å². The van der Waals surface area contributed by atoms with Gasteiger partial charge in [-0.15, -0.1) is 0 Å². The van der Waals surface area contributed by atoms with Crippen molar-refractivity contribution in [1.82, 2.24) is 0 Å². The number of benzene rings is 2. The summed E-state index contributed by atoms with van der Waals surface area (Å²) < 4.78 is 36.9. The second-order valence-electron chi connectivity index (χ2n) is 4.95. The minimum atomic E-state index is -1.08. The first-order chi connectivity index (χ1) is 11.4. The predicted molar refractivity (Wildman–Crippen MR) is 83.0 cm³/mol. The number of carbonyl (C=O) groups excluding carboxylic acids is 2. The van der Waals surface area contributed by atoms with Crippen LogP contribution in [0.3, 0.4) is 0 Å². The summed E-state index contributed by atoms with van der Waals surface area (Å²) in [7, 11) is 1.07. The Morgan fingerprint density at radius 2 is 1.75 bits per heavy atom. The number of anilines is 1. The maximum absolute atomic E-state index is 13.7. The first-order valence-corrected chi connectivity index (χ1v) is 6.97. The number of hydrogen-bond acceptors (Lipinski definition) is 4. The van der Waals surface area contributed by atoms with E-state index >= 15 is 0 Å². The monoisotopic (exact) mass is 335 g/mol. The topological polar surface area (TPSA) is 64.6 Å². The minimum Gasteiger partial charge on any atom is -0.484 e. The predicted octanol–water partition coefficient (Wildman–Crippen LogP) is 3.08. The van der Waals surface area contributed by atoms with E-state index in [1.807, 2.05) is 19.1 Å². The molecule has 0 radical (unpaired) electrons. The molecule has 7 heteroatoms. The van der Waals surface area contributed by atoms with Crippen LogP contribution in [-0.4, -0.2) is 25.6 Å². The highest BCUT2D eigenvalue weighted by Crippen LogP contribution is 2.20. The summed E-state index contributed by atoms with van der Waals surface area (Å²) >= 11 is 0. The molecule has 0 bridgehead atoms. The summed E-state index contributed by atoms with van der Waals surface area (Å²) in [6.45, 7) is 1.54. The molecule has 0 aliphatic heterocycles. The molecule has 126 valence electrons. The average molecular weight is 335 g/mol. The third-order valence-corrected chi connectivity index (χ3v) is 3.13. The molecule has 0 aliphatic carbocycles. The Morgan fingerprint density at radius 1 is 1.08 bits per heavy atom. The first kappa shape index (κ1) is 17.4. The number of nitrogens with one attached hydrogen (secondary N) is 1. The molecule has 2 aromatic rings. The number of halogens is 2. The molecule has 0 unspecified atom stereocenters. The van der Waals surface area contributed by atoms with E-state index in [0.29, 0.717) is 11.8 Å². The molecule has 2 aromatic carbocycles. The maximum Gasteiger partial charge on any atom is 0.340 e. The van der Waals surface area contributed by atoms with Gasteiger partial charge in [0, 0.05) is 6.07 Å². The van der Waals surface area contributed by atoms with Gasteiger partial charge in [0.05, 0.1) is 18.4 Å². The zero-order chi connectivity index (χ0) is 17.7. The lowest BCUT2D eigenvalue weighted by Gasteiger charge is -2.10. The largest absolute Gasteiger partial charge is 0.484 e. The van der Waals surface area contributed by atoms with E-state index < -0.39 is 29.1 Å². The smallest absolute Gasteiger partial charge is 0.340 e.